The van der Waals surface area contributed by atoms with Gasteiger partial charge >= 0.3 is 0 Å². The lowest BCUT2D eigenvalue weighted by Crippen LogP contribution is -2.23. The van der Waals surface area contributed by atoms with E-state index >= 15 is 0 Å². The molecule has 0 saturated heterocycles. The van der Waals surface area contributed by atoms with Gasteiger partial charge in [-0.25, -0.2) is 0 Å². The van der Waals surface area contributed by atoms with Crippen molar-refractivity contribution in [2.75, 3.05) is 5.73 Å². The van der Waals surface area contributed by atoms with E-state index in [9.17, 15) is 4.79 Å². The summed E-state index contributed by atoms with van der Waals surface area (Å²) in [7, 11) is 0. The Morgan fingerprint density at radius 2 is 2.20 bits per heavy atom. The zero-order valence-corrected chi connectivity index (χ0v) is 13.3. The number of hydrogen-bond donors (Lipinski definition) is 2. The van der Waals surface area contributed by atoms with Gasteiger partial charge in [0, 0.05) is 19.9 Å². The van der Waals surface area contributed by atoms with E-state index < -0.39 is 0 Å². The lowest BCUT2D eigenvalue weighted by atomic mass is 10.1. The Bertz CT molecular complexity index is 644. The molecule has 5 heteroatoms. The van der Waals surface area contributed by atoms with E-state index in [1.165, 1.54) is 34.6 Å². The first-order valence-electron chi connectivity index (χ1n) is 6.57. The minimum Gasteiger partial charge on any atom is -0.398 e. The smallest absolute Gasteiger partial charge is 0.253 e. The Morgan fingerprint density at radius 1 is 1.35 bits per heavy atom. The van der Waals surface area contributed by atoms with E-state index in [0.29, 0.717) is 17.8 Å². The lowest BCUT2D eigenvalue weighted by molar-refractivity contribution is 0.0952. The maximum atomic E-state index is 12.2. The van der Waals surface area contributed by atoms with Crippen LogP contribution in [-0.4, -0.2) is 5.91 Å². The number of hydrogen-bond acceptors (Lipinski definition) is 3. The minimum atomic E-state index is -0.127. The van der Waals surface area contributed by atoms with Crippen LogP contribution in [0.4, 0.5) is 5.69 Å². The van der Waals surface area contributed by atoms with E-state index in [2.05, 4.69) is 27.3 Å². The Morgan fingerprint density at radius 3 is 3.00 bits per heavy atom. The van der Waals surface area contributed by atoms with E-state index in [-0.39, 0.29) is 5.91 Å². The van der Waals surface area contributed by atoms with Crippen molar-refractivity contribution in [3.63, 3.8) is 0 Å². The van der Waals surface area contributed by atoms with Gasteiger partial charge in [0.2, 0.25) is 0 Å². The fourth-order valence-corrected chi connectivity index (χ4v) is 4.03. The molecule has 0 spiro atoms. The quantitative estimate of drug-likeness (QED) is 0.832. The van der Waals surface area contributed by atoms with Crippen molar-refractivity contribution in [2.45, 2.75) is 25.8 Å². The van der Waals surface area contributed by atoms with Crippen LogP contribution in [-0.2, 0) is 19.4 Å². The average Bonchev–Trinajstić information content (AvgIpc) is 2.99. The zero-order chi connectivity index (χ0) is 14.1. The van der Waals surface area contributed by atoms with Crippen LogP contribution < -0.4 is 11.1 Å². The molecule has 0 fully saturated rings. The van der Waals surface area contributed by atoms with Crippen LogP contribution in [0.3, 0.4) is 0 Å². The topological polar surface area (TPSA) is 55.1 Å². The van der Waals surface area contributed by atoms with Crippen LogP contribution >= 0.6 is 27.3 Å². The normalized spacial score (nSPS) is 13.2. The van der Waals surface area contributed by atoms with Crippen molar-refractivity contribution in [1.82, 2.24) is 5.32 Å². The van der Waals surface area contributed by atoms with Crippen LogP contribution in [0.1, 0.15) is 32.1 Å². The van der Waals surface area contributed by atoms with Gasteiger partial charge in [-0.2, -0.15) is 0 Å². The third-order valence-electron chi connectivity index (χ3n) is 3.48. The van der Waals surface area contributed by atoms with Crippen molar-refractivity contribution < 1.29 is 4.79 Å². The number of amides is 1. The molecule has 0 bridgehead atoms. The SMILES string of the molecule is Nc1ccc(Br)cc1C(=O)NCc1cc2c(s1)CCC2. The molecule has 3 N–H and O–H groups in total. The molecule has 104 valence electrons. The number of fused-ring (bicyclic) bond motifs is 1. The second-order valence-electron chi connectivity index (χ2n) is 4.93. The van der Waals surface area contributed by atoms with Gasteiger partial charge in [0.25, 0.3) is 5.91 Å². The standard InChI is InChI=1S/C15H15BrN2OS/c16-10-4-5-13(17)12(7-10)15(19)18-8-11-6-9-2-1-3-14(9)20-11/h4-7H,1-3,8,17H2,(H,18,19). The number of nitrogens with one attached hydrogen (secondary N) is 1. The summed E-state index contributed by atoms with van der Waals surface area (Å²) >= 11 is 5.17. The van der Waals surface area contributed by atoms with Gasteiger partial charge in [-0.05, 0) is 49.1 Å². The molecule has 0 unspecified atom stereocenters. The van der Waals surface area contributed by atoms with E-state index in [0.717, 1.165) is 4.47 Å². The zero-order valence-electron chi connectivity index (χ0n) is 10.9. The summed E-state index contributed by atoms with van der Waals surface area (Å²) in [5, 5.41) is 2.94. The van der Waals surface area contributed by atoms with Crippen LogP contribution in [0.2, 0.25) is 0 Å². The van der Waals surface area contributed by atoms with Gasteiger partial charge in [0.15, 0.2) is 0 Å². The maximum absolute atomic E-state index is 12.2. The number of rotatable bonds is 3. The molecule has 20 heavy (non-hydrogen) atoms. The molecule has 1 aliphatic carbocycles. The largest absolute Gasteiger partial charge is 0.398 e. The van der Waals surface area contributed by atoms with Gasteiger partial charge < -0.3 is 11.1 Å². The number of nitrogens with two attached hydrogens (primary N) is 1. The molecule has 3 nitrogen and oxygen atoms in total. The number of anilines is 1. The molecular formula is C15H15BrN2OS. The second kappa shape index (κ2) is 5.58. The first-order valence-corrected chi connectivity index (χ1v) is 8.18. The number of benzene rings is 1. The van der Waals surface area contributed by atoms with Crippen LogP contribution in [0.5, 0.6) is 0 Å². The molecule has 1 amide bonds. The van der Waals surface area contributed by atoms with Crippen LogP contribution in [0.15, 0.2) is 28.7 Å². The van der Waals surface area contributed by atoms with Gasteiger partial charge in [0.1, 0.15) is 0 Å². The van der Waals surface area contributed by atoms with Crippen LogP contribution in [0, 0.1) is 0 Å². The molecule has 0 saturated carbocycles. The predicted octanol–water partition coefficient (Wildman–Crippen LogP) is 3.51. The summed E-state index contributed by atoms with van der Waals surface area (Å²) in [4.78, 5) is 14.9. The fourth-order valence-electron chi connectivity index (χ4n) is 2.47. The number of nitrogen functional groups attached to an aromatic ring is 1. The summed E-state index contributed by atoms with van der Waals surface area (Å²) in [5.74, 6) is -0.127. The molecule has 1 aromatic heterocycles. The molecule has 0 radical (unpaired) electrons. The minimum absolute atomic E-state index is 0.127. The first-order chi connectivity index (χ1) is 9.63. The molecular weight excluding hydrogens is 336 g/mol. The van der Waals surface area contributed by atoms with Gasteiger partial charge in [-0.15, -0.1) is 11.3 Å². The summed E-state index contributed by atoms with van der Waals surface area (Å²) < 4.78 is 0.854. The van der Waals surface area contributed by atoms with Crippen molar-refractivity contribution in [3.05, 3.63) is 49.6 Å². The molecule has 3 rings (SSSR count). The highest BCUT2D eigenvalue weighted by atomic mass is 79.9. The summed E-state index contributed by atoms with van der Waals surface area (Å²) in [6, 6.07) is 7.53. The van der Waals surface area contributed by atoms with Crippen molar-refractivity contribution in [1.29, 1.82) is 0 Å². The highest BCUT2D eigenvalue weighted by Gasteiger charge is 2.15. The lowest BCUT2D eigenvalue weighted by Gasteiger charge is -2.07. The number of carbonyl (C=O) groups excluding carboxylic acids is 1. The Labute approximate surface area is 130 Å². The number of halogens is 1. The average molecular weight is 351 g/mol. The molecule has 2 aromatic rings. The van der Waals surface area contributed by atoms with E-state index in [4.69, 9.17) is 5.73 Å². The van der Waals surface area contributed by atoms with Crippen LogP contribution in [0.25, 0.3) is 0 Å². The molecule has 0 aliphatic heterocycles. The highest BCUT2D eigenvalue weighted by molar-refractivity contribution is 9.10. The van der Waals surface area contributed by atoms with Gasteiger partial charge in [0.05, 0.1) is 12.1 Å². The summed E-state index contributed by atoms with van der Waals surface area (Å²) in [6.45, 7) is 0.572. The van der Waals surface area contributed by atoms with Crippen molar-refractivity contribution in [2.24, 2.45) is 0 Å². The molecule has 1 aliphatic rings. The highest BCUT2D eigenvalue weighted by Crippen LogP contribution is 2.30. The Hall–Kier alpha value is -1.33. The van der Waals surface area contributed by atoms with Crippen molar-refractivity contribution >= 4 is 38.9 Å². The maximum Gasteiger partial charge on any atom is 0.253 e. The molecule has 1 aromatic carbocycles. The van der Waals surface area contributed by atoms with E-state index in [1.54, 1.807) is 12.1 Å². The third-order valence-corrected chi connectivity index (χ3v) is 5.21. The summed E-state index contributed by atoms with van der Waals surface area (Å²) in [5.41, 5.74) is 8.32. The second-order valence-corrected chi connectivity index (χ2v) is 7.07. The van der Waals surface area contributed by atoms with Crippen molar-refractivity contribution in [3.8, 4) is 0 Å². The molecule has 0 atom stereocenters. The number of carbonyl (C=O) groups is 1. The monoisotopic (exact) mass is 350 g/mol. The third kappa shape index (κ3) is 2.74. The molecule has 1 heterocycles. The number of thiophene rings is 1. The number of aryl methyl sites for hydroxylation is 2. The first kappa shape index (κ1) is 13.6. The summed E-state index contributed by atoms with van der Waals surface area (Å²) in [6.07, 6.45) is 3.63. The Balaban J connectivity index is 1.68. The fraction of sp³-hybridized carbons (Fsp3) is 0.267. The Kier molecular flexibility index (Phi) is 3.81. The van der Waals surface area contributed by atoms with Gasteiger partial charge in [-0.1, -0.05) is 15.9 Å². The van der Waals surface area contributed by atoms with E-state index in [1.807, 2.05) is 17.4 Å². The van der Waals surface area contributed by atoms with Gasteiger partial charge in [-0.3, -0.25) is 4.79 Å². The predicted molar refractivity (Wildman–Crippen MR) is 86.1 cm³/mol.